The van der Waals surface area contributed by atoms with Gasteiger partial charge in [0.1, 0.15) is 0 Å². The van der Waals surface area contributed by atoms with Crippen LogP contribution in [-0.2, 0) is 16.8 Å². The Hall–Kier alpha value is -0.950. The lowest BCUT2D eigenvalue weighted by Crippen LogP contribution is -2.44. The molecular weight excluding hydrogens is 298 g/mol. The van der Waals surface area contributed by atoms with Gasteiger partial charge in [0, 0.05) is 26.2 Å². The van der Waals surface area contributed by atoms with Gasteiger partial charge < -0.3 is 5.73 Å². The molecule has 2 N–H and O–H groups in total. The fourth-order valence-corrected chi connectivity index (χ4v) is 4.48. The lowest BCUT2D eigenvalue weighted by Gasteiger charge is -2.29. The molecular formula is C16H27N3O2S. The van der Waals surface area contributed by atoms with E-state index in [1.54, 1.807) is 8.61 Å². The summed E-state index contributed by atoms with van der Waals surface area (Å²) >= 11 is 0. The molecule has 0 aromatic heterocycles. The zero-order chi connectivity index (χ0) is 15.8. The summed E-state index contributed by atoms with van der Waals surface area (Å²) in [4.78, 5) is 0. The van der Waals surface area contributed by atoms with Gasteiger partial charge in [-0.15, -0.1) is 0 Å². The van der Waals surface area contributed by atoms with Crippen molar-refractivity contribution in [2.45, 2.75) is 38.6 Å². The highest BCUT2D eigenvalue weighted by atomic mass is 32.2. The molecule has 0 saturated carbocycles. The molecule has 0 aliphatic carbocycles. The molecule has 1 saturated heterocycles. The summed E-state index contributed by atoms with van der Waals surface area (Å²) in [5, 5.41) is 0. The van der Waals surface area contributed by atoms with Gasteiger partial charge in [-0.25, -0.2) is 0 Å². The molecule has 2 rings (SSSR count). The highest BCUT2D eigenvalue weighted by Gasteiger charge is 2.29. The molecule has 1 fully saturated rings. The van der Waals surface area contributed by atoms with Crippen LogP contribution in [0.3, 0.4) is 0 Å². The molecule has 0 atom stereocenters. The van der Waals surface area contributed by atoms with E-state index in [2.05, 4.69) is 0 Å². The van der Waals surface area contributed by atoms with Crippen LogP contribution in [0.2, 0.25) is 0 Å². The lowest BCUT2D eigenvalue weighted by atomic mass is 10.2. The summed E-state index contributed by atoms with van der Waals surface area (Å²) in [6.45, 7) is 2.66. The van der Waals surface area contributed by atoms with Crippen LogP contribution >= 0.6 is 0 Å². The monoisotopic (exact) mass is 325 g/mol. The van der Waals surface area contributed by atoms with E-state index >= 15 is 0 Å². The molecule has 0 bridgehead atoms. The average Bonchev–Trinajstić information content (AvgIpc) is 2.82. The van der Waals surface area contributed by atoms with Crippen molar-refractivity contribution in [1.29, 1.82) is 0 Å². The maximum absolute atomic E-state index is 13.0. The van der Waals surface area contributed by atoms with Gasteiger partial charge in [0.2, 0.25) is 0 Å². The van der Waals surface area contributed by atoms with E-state index in [9.17, 15) is 8.42 Å². The summed E-state index contributed by atoms with van der Waals surface area (Å²) in [5.74, 6) is 0. The number of nitrogens with two attached hydrogens (primary N) is 1. The van der Waals surface area contributed by atoms with Crippen LogP contribution in [0.4, 0.5) is 0 Å². The Bertz CT molecular complexity index is 526. The zero-order valence-electron chi connectivity index (χ0n) is 13.2. The minimum atomic E-state index is -3.41. The first-order chi connectivity index (χ1) is 10.6. The van der Waals surface area contributed by atoms with Gasteiger partial charge in [-0.1, -0.05) is 43.2 Å². The average molecular weight is 325 g/mol. The number of nitrogens with zero attached hydrogens (tertiary/aromatic N) is 2. The third-order valence-electron chi connectivity index (χ3n) is 4.03. The highest BCUT2D eigenvalue weighted by Crippen LogP contribution is 2.18. The largest absolute Gasteiger partial charge is 0.330 e. The van der Waals surface area contributed by atoms with Crippen molar-refractivity contribution in [1.82, 2.24) is 8.61 Å². The Kier molecular flexibility index (Phi) is 6.82. The molecule has 1 aliphatic heterocycles. The first kappa shape index (κ1) is 17.4. The summed E-state index contributed by atoms with van der Waals surface area (Å²) in [6, 6.07) is 9.75. The van der Waals surface area contributed by atoms with Gasteiger partial charge in [-0.3, -0.25) is 0 Å². The zero-order valence-corrected chi connectivity index (χ0v) is 14.0. The van der Waals surface area contributed by atoms with E-state index in [1.807, 2.05) is 30.3 Å². The molecule has 1 aromatic carbocycles. The van der Waals surface area contributed by atoms with Gasteiger partial charge in [0.05, 0.1) is 0 Å². The Morgan fingerprint density at radius 3 is 2.27 bits per heavy atom. The van der Waals surface area contributed by atoms with Crippen molar-refractivity contribution in [3.63, 3.8) is 0 Å². The van der Waals surface area contributed by atoms with Gasteiger partial charge in [-0.2, -0.15) is 17.0 Å². The second kappa shape index (κ2) is 8.62. The molecule has 124 valence electrons. The fraction of sp³-hybridized carbons (Fsp3) is 0.625. The van der Waals surface area contributed by atoms with E-state index in [1.165, 1.54) is 0 Å². The van der Waals surface area contributed by atoms with Crippen LogP contribution < -0.4 is 5.73 Å². The summed E-state index contributed by atoms with van der Waals surface area (Å²) in [6.07, 6.45) is 4.82. The first-order valence-corrected chi connectivity index (χ1v) is 9.53. The van der Waals surface area contributed by atoms with Gasteiger partial charge in [0.15, 0.2) is 0 Å². The number of rotatable bonds is 7. The van der Waals surface area contributed by atoms with Crippen molar-refractivity contribution >= 4 is 10.2 Å². The predicted molar refractivity (Wildman–Crippen MR) is 89.5 cm³/mol. The topological polar surface area (TPSA) is 66.6 Å². The Labute approximate surface area is 134 Å². The van der Waals surface area contributed by atoms with E-state index in [-0.39, 0.29) is 0 Å². The maximum Gasteiger partial charge on any atom is 0.282 e. The molecule has 6 heteroatoms. The van der Waals surface area contributed by atoms with Crippen molar-refractivity contribution in [2.24, 2.45) is 5.73 Å². The number of benzene rings is 1. The lowest BCUT2D eigenvalue weighted by molar-refractivity contribution is 0.334. The second-order valence-corrected chi connectivity index (χ2v) is 7.71. The Morgan fingerprint density at radius 1 is 1.05 bits per heavy atom. The quantitative estimate of drug-likeness (QED) is 0.833. The van der Waals surface area contributed by atoms with Crippen LogP contribution in [0, 0.1) is 0 Å². The predicted octanol–water partition coefficient (Wildman–Crippen LogP) is 1.96. The Morgan fingerprint density at radius 2 is 1.68 bits per heavy atom. The van der Waals surface area contributed by atoms with Crippen molar-refractivity contribution in [2.75, 3.05) is 26.2 Å². The highest BCUT2D eigenvalue weighted by molar-refractivity contribution is 7.86. The molecule has 1 aliphatic rings. The van der Waals surface area contributed by atoms with Crippen LogP contribution in [0.15, 0.2) is 30.3 Å². The van der Waals surface area contributed by atoms with Gasteiger partial charge >= 0.3 is 0 Å². The van der Waals surface area contributed by atoms with E-state index in [4.69, 9.17) is 5.73 Å². The molecule has 5 nitrogen and oxygen atoms in total. The standard InChI is InChI=1S/C16H27N3O2S/c17-11-8-14-19(15-16-9-4-3-5-10-16)22(20,21)18-12-6-1-2-7-13-18/h3-5,9-10H,1-2,6-8,11-15,17H2. The molecule has 0 spiro atoms. The van der Waals surface area contributed by atoms with Crippen molar-refractivity contribution in [3.8, 4) is 0 Å². The van der Waals surface area contributed by atoms with Gasteiger partial charge in [-0.05, 0) is 31.4 Å². The molecule has 0 amide bonds. The van der Waals surface area contributed by atoms with E-state index < -0.39 is 10.2 Å². The number of hydrogen-bond donors (Lipinski definition) is 1. The first-order valence-electron chi connectivity index (χ1n) is 8.14. The minimum Gasteiger partial charge on any atom is -0.330 e. The fourth-order valence-electron chi connectivity index (χ4n) is 2.77. The molecule has 0 radical (unpaired) electrons. The normalized spacial score (nSPS) is 17.5. The van der Waals surface area contributed by atoms with Crippen molar-refractivity contribution < 1.29 is 8.42 Å². The van der Waals surface area contributed by atoms with Crippen LogP contribution in [0.25, 0.3) is 0 Å². The molecule has 1 aromatic rings. The third kappa shape index (κ3) is 4.78. The van der Waals surface area contributed by atoms with Crippen LogP contribution in [0.5, 0.6) is 0 Å². The Balaban J connectivity index is 2.14. The summed E-state index contributed by atoms with van der Waals surface area (Å²) in [5.41, 5.74) is 6.59. The SMILES string of the molecule is NCCCN(Cc1ccccc1)S(=O)(=O)N1CCCCCC1. The van der Waals surface area contributed by atoms with E-state index in [0.29, 0.717) is 39.1 Å². The van der Waals surface area contributed by atoms with Crippen molar-refractivity contribution in [3.05, 3.63) is 35.9 Å². The molecule has 1 heterocycles. The minimum absolute atomic E-state index is 0.416. The third-order valence-corrected chi connectivity index (χ3v) is 6.01. The summed E-state index contributed by atoms with van der Waals surface area (Å²) < 4.78 is 29.2. The van der Waals surface area contributed by atoms with Crippen LogP contribution in [0.1, 0.15) is 37.7 Å². The van der Waals surface area contributed by atoms with Crippen LogP contribution in [-0.4, -0.2) is 43.2 Å². The molecule has 22 heavy (non-hydrogen) atoms. The number of hydrogen-bond acceptors (Lipinski definition) is 3. The maximum atomic E-state index is 13.0. The smallest absolute Gasteiger partial charge is 0.282 e. The molecule has 0 unspecified atom stereocenters. The second-order valence-electron chi connectivity index (χ2n) is 5.78. The van der Waals surface area contributed by atoms with E-state index in [0.717, 1.165) is 31.2 Å². The van der Waals surface area contributed by atoms with Gasteiger partial charge in [0.25, 0.3) is 10.2 Å². The summed E-state index contributed by atoms with van der Waals surface area (Å²) in [7, 11) is -3.41.